The maximum absolute atomic E-state index is 12.3. The van der Waals surface area contributed by atoms with E-state index in [2.05, 4.69) is 20.3 Å². The van der Waals surface area contributed by atoms with Gasteiger partial charge >= 0.3 is 0 Å². The Labute approximate surface area is 143 Å². The van der Waals surface area contributed by atoms with E-state index in [0.29, 0.717) is 22.3 Å². The highest BCUT2D eigenvalue weighted by atomic mass is 35.5. The van der Waals surface area contributed by atoms with Gasteiger partial charge in [0.15, 0.2) is 0 Å². The highest BCUT2D eigenvalue weighted by Gasteiger charge is 2.11. The van der Waals surface area contributed by atoms with Crippen LogP contribution < -0.4 is 10.1 Å². The van der Waals surface area contributed by atoms with Gasteiger partial charge in [-0.3, -0.25) is 4.79 Å². The van der Waals surface area contributed by atoms with Crippen LogP contribution in [0.5, 0.6) is 5.88 Å². The first-order valence-electron chi connectivity index (χ1n) is 7.05. The number of benzene rings is 1. The van der Waals surface area contributed by atoms with Crippen LogP contribution in [-0.2, 0) is 0 Å². The van der Waals surface area contributed by atoms with Crippen LogP contribution in [-0.4, -0.2) is 28.0 Å². The number of methoxy groups -OCH3 is 1. The van der Waals surface area contributed by atoms with Crippen molar-refractivity contribution >= 4 is 23.2 Å². The van der Waals surface area contributed by atoms with Gasteiger partial charge in [0.25, 0.3) is 5.91 Å². The molecular formula is C17H13ClN4O2. The number of carbonyl (C=O) groups is 1. The van der Waals surface area contributed by atoms with Gasteiger partial charge in [-0.15, -0.1) is 0 Å². The van der Waals surface area contributed by atoms with E-state index in [-0.39, 0.29) is 11.6 Å². The number of amides is 1. The number of hydrogen-bond donors (Lipinski definition) is 1. The number of anilines is 1. The molecule has 120 valence electrons. The number of halogens is 1. The molecule has 3 aromatic rings. The Balaban J connectivity index is 1.81. The van der Waals surface area contributed by atoms with Gasteiger partial charge in [0, 0.05) is 16.7 Å². The fourth-order valence-electron chi connectivity index (χ4n) is 2.06. The average Bonchev–Trinajstić information content (AvgIpc) is 2.62. The third-order valence-corrected chi connectivity index (χ3v) is 3.46. The summed E-state index contributed by atoms with van der Waals surface area (Å²) in [5.74, 6) is 0.117. The molecule has 0 bridgehead atoms. The Morgan fingerprint density at radius 1 is 1.12 bits per heavy atom. The SMILES string of the molecule is COc1ccc(NC(=O)c2cc(-c3cccc(Cl)c3)ncn2)cn1. The highest BCUT2D eigenvalue weighted by Crippen LogP contribution is 2.21. The van der Waals surface area contributed by atoms with Crippen molar-refractivity contribution in [2.45, 2.75) is 0 Å². The molecule has 0 spiro atoms. The normalized spacial score (nSPS) is 10.2. The third kappa shape index (κ3) is 3.67. The van der Waals surface area contributed by atoms with E-state index >= 15 is 0 Å². The maximum Gasteiger partial charge on any atom is 0.274 e. The molecule has 0 fully saturated rings. The minimum absolute atomic E-state index is 0.246. The topological polar surface area (TPSA) is 77.0 Å². The van der Waals surface area contributed by atoms with Crippen molar-refractivity contribution in [1.82, 2.24) is 15.0 Å². The summed E-state index contributed by atoms with van der Waals surface area (Å²) in [6, 6.07) is 12.2. The van der Waals surface area contributed by atoms with Crippen molar-refractivity contribution in [3.8, 4) is 17.1 Å². The largest absolute Gasteiger partial charge is 0.481 e. The number of aromatic nitrogens is 3. The first kappa shape index (κ1) is 15.9. The molecule has 6 nitrogen and oxygen atoms in total. The number of pyridine rings is 1. The summed E-state index contributed by atoms with van der Waals surface area (Å²) < 4.78 is 4.98. The molecule has 0 unspecified atom stereocenters. The summed E-state index contributed by atoms with van der Waals surface area (Å²) in [4.78, 5) is 24.6. The first-order chi connectivity index (χ1) is 11.7. The summed E-state index contributed by atoms with van der Waals surface area (Å²) in [6.07, 6.45) is 2.85. The second kappa shape index (κ2) is 7.06. The molecule has 0 saturated carbocycles. The molecule has 2 aromatic heterocycles. The van der Waals surface area contributed by atoms with E-state index in [0.717, 1.165) is 5.56 Å². The predicted octanol–water partition coefficient (Wildman–Crippen LogP) is 3.45. The van der Waals surface area contributed by atoms with Crippen LogP contribution in [0.15, 0.2) is 55.0 Å². The van der Waals surface area contributed by atoms with Crippen LogP contribution in [0.1, 0.15) is 10.5 Å². The van der Waals surface area contributed by atoms with Crippen LogP contribution in [0.4, 0.5) is 5.69 Å². The molecule has 7 heteroatoms. The number of nitrogens with zero attached hydrogens (tertiary/aromatic N) is 3. The molecule has 0 aliphatic rings. The molecule has 1 N–H and O–H groups in total. The standard InChI is InChI=1S/C17H13ClN4O2/c1-24-16-6-5-13(9-19-16)22-17(23)15-8-14(20-10-21-15)11-3-2-4-12(18)7-11/h2-10H,1H3,(H,22,23). The van der Waals surface area contributed by atoms with Crippen LogP contribution >= 0.6 is 11.6 Å². The molecule has 0 radical (unpaired) electrons. The van der Waals surface area contributed by atoms with E-state index in [1.165, 1.54) is 19.6 Å². The lowest BCUT2D eigenvalue weighted by Crippen LogP contribution is -2.14. The summed E-state index contributed by atoms with van der Waals surface area (Å²) >= 11 is 5.99. The summed E-state index contributed by atoms with van der Waals surface area (Å²) in [7, 11) is 1.53. The van der Waals surface area contributed by atoms with Crippen molar-refractivity contribution in [1.29, 1.82) is 0 Å². The lowest BCUT2D eigenvalue weighted by atomic mass is 10.1. The smallest absolute Gasteiger partial charge is 0.274 e. The maximum atomic E-state index is 12.3. The quantitative estimate of drug-likeness (QED) is 0.787. The van der Waals surface area contributed by atoms with Gasteiger partial charge in [0.2, 0.25) is 5.88 Å². The zero-order valence-corrected chi connectivity index (χ0v) is 13.5. The molecule has 0 atom stereocenters. The number of ether oxygens (including phenoxy) is 1. The van der Waals surface area contributed by atoms with Gasteiger partial charge in [-0.05, 0) is 24.3 Å². The fraction of sp³-hybridized carbons (Fsp3) is 0.0588. The monoisotopic (exact) mass is 340 g/mol. The molecule has 0 saturated heterocycles. The first-order valence-corrected chi connectivity index (χ1v) is 7.43. The van der Waals surface area contributed by atoms with Gasteiger partial charge in [-0.1, -0.05) is 23.7 Å². The van der Waals surface area contributed by atoms with Crippen molar-refractivity contribution in [3.63, 3.8) is 0 Å². The van der Waals surface area contributed by atoms with Crippen molar-refractivity contribution < 1.29 is 9.53 Å². The molecule has 1 aromatic carbocycles. The zero-order chi connectivity index (χ0) is 16.9. The lowest BCUT2D eigenvalue weighted by molar-refractivity contribution is 0.102. The Morgan fingerprint density at radius 3 is 2.71 bits per heavy atom. The molecule has 2 heterocycles. The Morgan fingerprint density at radius 2 is 2.00 bits per heavy atom. The molecule has 0 aliphatic heterocycles. The number of carbonyl (C=O) groups excluding carboxylic acids is 1. The van der Waals surface area contributed by atoms with Gasteiger partial charge in [-0.2, -0.15) is 0 Å². The minimum atomic E-state index is -0.354. The van der Waals surface area contributed by atoms with Gasteiger partial charge in [0.1, 0.15) is 12.0 Å². The highest BCUT2D eigenvalue weighted by molar-refractivity contribution is 6.30. The van der Waals surface area contributed by atoms with Crippen molar-refractivity contribution in [2.24, 2.45) is 0 Å². The molecule has 3 rings (SSSR count). The third-order valence-electron chi connectivity index (χ3n) is 3.22. The van der Waals surface area contributed by atoms with Crippen molar-refractivity contribution in [3.05, 3.63) is 65.7 Å². The van der Waals surface area contributed by atoms with Crippen molar-refractivity contribution in [2.75, 3.05) is 12.4 Å². The second-order valence-corrected chi connectivity index (χ2v) is 5.28. The Hall–Kier alpha value is -2.99. The van der Waals surface area contributed by atoms with E-state index in [1.54, 1.807) is 30.3 Å². The lowest BCUT2D eigenvalue weighted by Gasteiger charge is -2.06. The molecule has 24 heavy (non-hydrogen) atoms. The van der Waals surface area contributed by atoms with Gasteiger partial charge in [0.05, 0.1) is 24.7 Å². The predicted molar refractivity (Wildman–Crippen MR) is 91.2 cm³/mol. The zero-order valence-electron chi connectivity index (χ0n) is 12.7. The average molecular weight is 341 g/mol. The van der Waals surface area contributed by atoms with E-state index in [9.17, 15) is 4.79 Å². The van der Waals surface area contributed by atoms with Crippen LogP contribution in [0, 0.1) is 0 Å². The van der Waals surface area contributed by atoms with Crippen LogP contribution in [0.2, 0.25) is 5.02 Å². The Bertz CT molecular complexity index is 868. The van der Waals surface area contributed by atoms with Crippen LogP contribution in [0.25, 0.3) is 11.3 Å². The number of nitrogens with one attached hydrogen (secondary N) is 1. The number of hydrogen-bond acceptors (Lipinski definition) is 5. The van der Waals surface area contributed by atoms with Gasteiger partial charge < -0.3 is 10.1 Å². The summed E-state index contributed by atoms with van der Waals surface area (Å²) in [6.45, 7) is 0. The fourth-order valence-corrected chi connectivity index (χ4v) is 2.25. The van der Waals surface area contributed by atoms with Gasteiger partial charge in [-0.25, -0.2) is 15.0 Å². The van der Waals surface area contributed by atoms with E-state index in [4.69, 9.17) is 16.3 Å². The second-order valence-electron chi connectivity index (χ2n) is 4.84. The Kier molecular flexibility index (Phi) is 4.67. The summed E-state index contributed by atoms with van der Waals surface area (Å²) in [5.41, 5.74) is 2.22. The molecular weight excluding hydrogens is 328 g/mol. The van der Waals surface area contributed by atoms with E-state index in [1.807, 2.05) is 12.1 Å². The minimum Gasteiger partial charge on any atom is -0.481 e. The summed E-state index contributed by atoms with van der Waals surface area (Å²) in [5, 5.41) is 3.32. The van der Waals surface area contributed by atoms with E-state index < -0.39 is 0 Å². The number of rotatable bonds is 4. The molecule has 0 aliphatic carbocycles. The molecule has 1 amide bonds. The van der Waals surface area contributed by atoms with Crippen LogP contribution in [0.3, 0.4) is 0 Å².